The van der Waals surface area contributed by atoms with Crippen LogP contribution in [0.2, 0.25) is 0 Å². The monoisotopic (exact) mass is 278 g/mol. The first-order valence-corrected chi connectivity index (χ1v) is 8.68. The van der Waals surface area contributed by atoms with Crippen LogP contribution in [0.4, 0.5) is 0 Å². The molecule has 3 nitrogen and oxygen atoms in total. The van der Waals surface area contributed by atoms with E-state index in [4.69, 9.17) is 4.74 Å². The van der Waals surface area contributed by atoms with E-state index in [1.807, 2.05) is 0 Å². The molecule has 0 aromatic heterocycles. The van der Waals surface area contributed by atoms with E-state index < -0.39 is 0 Å². The highest BCUT2D eigenvalue weighted by Gasteiger charge is 2.48. The molecule has 0 spiro atoms. The van der Waals surface area contributed by atoms with Crippen molar-refractivity contribution >= 4 is 0 Å². The fourth-order valence-corrected chi connectivity index (χ4v) is 4.42. The van der Waals surface area contributed by atoms with Crippen molar-refractivity contribution in [3.63, 3.8) is 0 Å². The van der Waals surface area contributed by atoms with Gasteiger partial charge in [0.2, 0.25) is 0 Å². The Balaban J connectivity index is 1.84. The zero-order valence-corrected chi connectivity index (χ0v) is 13.0. The molecule has 2 aliphatic heterocycles. The molecule has 0 bridgehead atoms. The van der Waals surface area contributed by atoms with Gasteiger partial charge in [-0.25, -0.2) is 0 Å². The second-order valence-electron chi connectivity index (χ2n) is 6.64. The molecule has 3 rings (SSSR count). The molecule has 1 aliphatic carbocycles. The van der Waals surface area contributed by atoms with Gasteiger partial charge in [0.25, 0.3) is 0 Å². The van der Waals surface area contributed by atoms with Crippen molar-refractivity contribution in [3.05, 3.63) is 11.8 Å². The maximum absolute atomic E-state index is 5.98. The van der Waals surface area contributed by atoms with Gasteiger partial charge in [-0.05, 0) is 57.8 Å². The van der Waals surface area contributed by atoms with Crippen molar-refractivity contribution in [1.29, 1.82) is 0 Å². The van der Waals surface area contributed by atoms with Gasteiger partial charge in [0.15, 0.2) is 0 Å². The molecule has 0 aromatic rings. The zero-order valence-electron chi connectivity index (χ0n) is 13.0. The van der Waals surface area contributed by atoms with Crippen molar-refractivity contribution in [2.75, 3.05) is 26.2 Å². The number of nitrogens with zero attached hydrogens (tertiary/aromatic N) is 1. The fraction of sp³-hybridized carbons (Fsp3) is 0.882. The molecular weight excluding hydrogens is 248 g/mol. The lowest BCUT2D eigenvalue weighted by Gasteiger charge is -2.45. The average Bonchev–Trinajstić information content (AvgIpc) is 3.22. The van der Waals surface area contributed by atoms with Crippen LogP contribution >= 0.6 is 0 Å². The number of ether oxygens (including phenoxy) is 1. The number of hydrogen-bond donors (Lipinski definition) is 1. The molecular formula is C17H30N2O. The second-order valence-corrected chi connectivity index (χ2v) is 6.64. The van der Waals surface area contributed by atoms with E-state index in [1.54, 1.807) is 0 Å². The molecule has 1 atom stereocenters. The summed E-state index contributed by atoms with van der Waals surface area (Å²) in [4.78, 5) is 2.79. The summed E-state index contributed by atoms with van der Waals surface area (Å²) in [6.45, 7) is 6.82. The summed E-state index contributed by atoms with van der Waals surface area (Å²) in [6.07, 6.45) is 12.8. The first-order chi connectivity index (χ1) is 9.87. The summed E-state index contributed by atoms with van der Waals surface area (Å²) in [5.74, 6) is 1.24. The molecule has 0 amide bonds. The predicted molar refractivity (Wildman–Crippen MR) is 82.7 cm³/mol. The summed E-state index contributed by atoms with van der Waals surface area (Å²) in [5.41, 5.74) is 0.335. The molecule has 1 saturated carbocycles. The highest BCUT2D eigenvalue weighted by Crippen LogP contribution is 2.42. The smallest absolute Gasteiger partial charge is 0.111 e. The minimum atomic E-state index is 0.335. The Morgan fingerprint density at radius 1 is 1.25 bits per heavy atom. The molecule has 1 saturated heterocycles. The Kier molecular flexibility index (Phi) is 4.67. The number of likely N-dealkylation sites (tertiary alicyclic amines) is 1. The van der Waals surface area contributed by atoms with Crippen LogP contribution < -0.4 is 5.32 Å². The lowest BCUT2D eigenvalue weighted by atomic mass is 9.84. The Bertz CT molecular complexity index is 341. The van der Waals surface area contributed by atoms with Crippen molar-refractivity contribution in [3.8, 4) is 0 Å². The van der Waals surface area contributed by atoms with Crippen molar-refractivity contribution in [2.45, 2.75) is 69.9 Å². The summed E-state index contributed by atoms with van der Waals surface area (Å²) < 4.78 is 5.98. The molecule has 114 valence electrons. The summed E-state index contributed by atoms with van der Waals surface area (Å²) in [7, 11) is 0. The van der Waals surface area contributed by atoms with Crippen LogP contribution in [0.15, 0.2) is 11.8 Å². The van der Waals surface area contributed by atoms with Crippen LogP contribution in [0.1, 0.15) is 58.3 Å². The molecule has 0 radical (unpaired) electrons. The van der Waals surface area contributed by atoms with E-state index in [0.717, 1.165) is 19.6 Å². The third-order valence-corrected chi connectivity index (χ3v) is 5.36. The van der Waals surface area contributed by atoms with Gasteiger partial charge in [-0.1, -0.05) is 19.8 Å². The van der Waals surface area contributed by atoms with Gasteiger partial charge in [0.05, 0.1) is 12.6 Å². The van der Waals surface area contributed by atoms with Crippen LogP contribution in [0, 0.1) is 0 Å². The van der Waals surface area contributed by atoms with Crippen LogP contribution in [0.25, 0.3) is 0 Å². The van der Waals surface area contributed by atoms with E-state index in [0.29, 0.717) is 11.6 Å². The highest BCUT2D eigenvalue weighted by atomic mass is 16.5. The highest BCUT2D eigenvalue weighted by molar-refractivity contribution is 5.19. The fourth-order valence-electron chi connectivity index (χ4n) is 4.42. The Morgan fingerprint density at radius 2 is 2.00 bits per heavy atom. The molecule has 0 aromatic carbocycles. The van der Waals surface area contributed by atoms with Gasteiger partial charge < -0.3 is 10.1 Å². The summed E-state index contributed by atoms with van der Waals surface area (Å²) in [5, 5.41) is 3.84. The van der Waals surface area contributed by atoms with E-state index in [-0.39, 0.29) is 0 Å². The predicted octanol–water partition coefficient (Wildman–Crippen LogP) is 3.07. The Morgan fingerprint density at radius 3 is 2.60 bits per heavy atom. The maximum atomic E-state index is 5.98. The lowest BCUT2D eigenvalue weighted by Crippen LogP contribution is -2.60. The molecule has 1 unspecified atom stereocenters. The molecule has 2 heterocycles. The van der Waals surface area contributed by atoms with Crippen LogP contribution in [0.5, 0.6) is 0 Å². The quantitative estimate of drug-likeness (QED) is 0.808. The van der Waals surface area contributed by atoms with Crippen LogP contribution in [-0.2, 0) is 4.74 Å². The molecule has 2 fully saturated rings. The van der Waals surface area contributed by atoms with Gasteiger partial charge in [0.1, 0.15) is 5.76 Å². The molecule has 3 heteroatoms. The second kappa shape index (κ2) is 6.48. The Hall–Kier alpha value is -0.540. The van der Waals surface area contributed by atoms with Gasteiger partial charge >= 0.3 is 0 Å². The van der Waals surface area contributed by atoms with E-state index in [1.165, 1.54) is 63.8 Å². The van der Waals surface area contributed by atoms with E-state index >= 15 is 0 Å². The van der Waals surface area contributed by atoms with Crippen LogP contribution in [0.3, 0.4) is 0 Å². The third-order valence-electron chi connectivity index (χ3n) is 5.36. The van der Waals surface area contributed by atoms with Gasteiger partial charge in [-0.3, -0.25) is 4.90 Å². The number of rotatable bonds is 6. The largest absolute Gasteiger partial charge is 0.496 e. The van der Waals surface area contributed by atoms with Gasteiger partial charge in [0, 0.05) is 12.0 Å². The van der Waals surface area contributed by atoms with E-state index in [2.05, 4.69) is 23.2 Å². The van der Waals surface area contributed by atoms with Gasteiger partial charge in [-0.2, -0.15) is 0 Å². The average molecular weight is 278 g/mol. The summed E-state index contributed by atoms with van der Waals surface area (Å²) in [6, 6.07) is 0.422. The Labute approximate surface area is 123 Å². The zero-order chi connectivity index (χ0) is 13.8. The third kappa shape index (κ3) is 2.62. The first-order valence-electron chi connectivity index (χ1n) is 8.68. The maximum Gasteiger partial charge on any atom is 0.111 e. The number of hydrogen-bond acceptors (Lipinski definition) is 3. The standard InChI is InChI=1S/C17H30N2O/c1-2-11-18-16(15-8-7-14-20-15)17(9-3-4-10-17)19-12-5-6-13-19/h8,16,18H,2-7,9-14H2,1H3. The first kappa shape index (κ1) is 14.4. The van der Waals surface area contributed by atoms with Crippen molar-refractivity contribution in [1.82, 2.24) is 10.2 Å². The lowest BCUT2D eigenvalue weighted by molar-refractivity contribution is 0.0634. The van der Waals surface area contributed by atoms with Gasteiger partial charge in [-0.15, -0.1) is 0 Å². The minimum absolute atomic E-state index is 0.335. The molecule has 3 aliphatic rings. The summed E-state index contributed by atoms with van der Waals surface area (Å²) >= 11 is 0. The van der Waals surface area contributed by atoms with Crippen molar-refractivity contribution in [2.24, 2.45) is 0 Å². The SMILES string of the molecule is CCCNC(C1=CCCO1)C1(N2CCCC2)CCCC1. The van der Waals surface area contributed by atoms with Crippen molar-refractivity contribution < 1.29 is 4.74 Å². The topological polar surface area (TPSA) is 24.5 Å². The minimum Gasteiger partial charge on any atom is -0.496 e. The number of nitrogens with one attached hydrogen (secondary N) is 1. The van der Waals surface area contributed by atoms with E-state index in [9.17, 15) is 0 Å². The molecule has 1 N–H and O–H groups in total. The normalized spacial score (nSPS) is 27.6. The molecule has 20 heavy (non-hydrogen) atoms. The van der Waals surface area contributed by atoms with Crippen LogP contribution in [-0.4, -0.2) is 42.7 Å².